The van der Waals surface area contributed by atoms with Gasteiger partial charge >= 0.3 is 13.1 Å². The quantitative estimate of drug-likeness (QED) is 0.584. The molecule has 0 bridgehead atoms. The van der Waals surface area contributed by atoms with Gasteiger partial charge in [-0.15, -0.1) is 0 Å². The molecular weight excluding hydrogens is 393 g/mol. The molecule has 6 nitrogen and oxygen atoms in total. The van der Waals surface area contributed by atoms with Crippen LogP contribution in [0.3, 0.4) is 0 Å². The first kappa shape index (κ1) is 23.0. The normalized spacial score (nSPS) is 17.8. The van der Waals surface area contributed by atoms with Crippen LogP contribution < -0.4 is 10.8 Å². The smallest absolute Gasteiger partial charge is 0.447 e. The van der Waals surface area contributed by atoms with Crippen molar-refractivity contribution < 1.29 is 23.6 Å². The highest BCUT2D eigenvalue weighted by Gasteiger charge is 2.52. The lowest BCUT2D eigenvalue weighted by atomic mass is 9.76. The fourth-order valence-corrected chi connectivity index (χ4v) is 3.47. The Hall–Kier alpha value is -2.64. The van der Waals surface area contributed by atoms with Gasteiger partial charge in [-0.2, -0.15) is 0 Å². The van der Waals surface area contributed by atoms with Crippen LogP contribution in [0, 0.1) is 13.8 Å². The van der Waals surface area contributed by atoms with Crippen molar-refractivity contribution in [2.24, 2.45) is 0 Å². The van der Waals surface area contributed by atoms with Gasteiger partial charge in [0.15, 0.2) is 0 Å². The van der Waals surface area contributed by atoms with Gasteiger partial charge in [0.1, 0.15) is 0 Å². The number of esters is 1. The van der Waals surface area contributed by atoms with Gasteiger partial charge in [0.2, 0.25) is 6.10 Å². The molecule has 3 rings (SSSR count). The van der Waals surface area contributed by atoms with E-state index < -0.39 is 36.3 Å². The average molecular weight is 423 g/mol. The van der Waals surface area contributed by atoms with Crippen molar-refractivity contribution in [1.82, 2.24) is 0 Å². The maximum absolute atomic E-state index is 12.9. The summed E-state index contributed by atoms with van der Waals surface area (Å²) in [5, 5.41) is 2.86. The van der Waals surface area contributed by atoms with Crippen molar-refractivity contribution in [2.75, 3.05) is 5.32 Å². The second-order valence-electron chi connectivity index (χ2n) is 9.05. The predicted molar refractivity (Wildman–Crippen MR) is 121 cm³/mol. The largest absolute Gasteiger partial charge is 0.495 e. The molecule has 1 unspecified atom stereocenters. The molecule has 0 radical (unpaired) electrons. The van der Waals surface area contributed by atoms with Crippen molar-refractivity contribution in [3.8, 4) is 0 Å². The van der Waals surface area contributed by atoms with Crippen LogP contribution in [0.25, 0.3) is 0 Å². The second kappa shape index (κ2) is 8.48. The Morgan fingerprint density at radius 2 is 1.65 bits per heavy atom. The Morgan fingerprint density at radius 1 is 1.00 bits per heavy atom. The number of anilines is 1. The van der Waals surface area contributed by atoms with Crippen LogP contribution in [-0.4, -0.2) is 30.2 Å². The molecule has 0 saturated carbocycles. The maximum atomic E-state index is 12.9. The number of ether oxygens (including phenoxy) is 1. The van der Waals surface area contributed by atoms with E-state index in [2.05, 4.69) is 5.32 Å². The van der Waals surface area contributed by atoms with Gasteiger partial charge in [0.05, 0.1) is 11.2 Å². The molecule has 164 valence electrons. The SMILES string of the molecule is CC(=O)OC(C(=O)Nc1ccc(B2OC(C)(C)C(C)(C)O2)c(C)c1)c1cccc(C)c1. The number of carbonyl (C=O) groups is 2. The fraction of sp³-hybridized carbons (Fsp3) is 0.417. The summed E-state index contributed by atoms with van der Waals surface area (Å²) >= 11 is 0. The van der Waals surface area contributed by atoms with Crippen LogP contribution in [0.4, 0.5) is 5.69 Å². The van der Waals surface area contributed by atoms with Gasteiger partial charge in [-0.05, 0) is 64.7 Å². The highest BCUT2D eigenvalue weighted by atomic mass is 16.7. The third kappa shape index (κ3) is 5.00. The highest BCUT2D eigenvalue weighted by molar-refractivity contribution is 6.62. The summed E-state index contributed by atoms with van der Waals surface area (Å²) in [6, 6.07) is 12.9. The minimum atomic E-state index is -1.03. The molecule has 1 saturated heterocycles. The zero-order chi connectivity index (χ0) is 23.0. The lowest BCUT2D eigenvalue weighted by molar-refractivity contribution is -0.152. The third-order valence-corrected chi connectivity index (χ3v) is 5.91. The molecule has 1 atom stereocenters. The number of carbonyl (C=O) groups excluding carboxylic acids is 2. The van der Waals surface area contributed by atoms with Gasteiger partial charge < -0.3 is 19.4 Å². The molecule has 0 aromatic heterocycles. The number of hydrogen-bond acceptors (Lipinski definition) is 5. The Kier molecular flexibility index (Phi) is 6.30. The summed E-state index contributed by atoms with van der Waals surface area (Å²) in [6.45, 7) is 13.2. The standard InChI is InChI=1S/C24H30BNO5/c1-15-9-8-10-18(13-15)21(29-17(3)27)22(28)26-19-11-12-20(16(2)14-19)25-30-23(4,5)24(6,7)31-25/h8-14,21H,1-7H3,(H,26,28). The topological polar surface area (TPSA) is 73.9 Å². The predicted octanol–water partition coefficient (Wildman–Crippen LogP) is 3.85. The van der Waals surface area contributed by atoms with Crippen LogP contribution in [0.5, 0.6) is 0 Å². The lowest BCUT2D eigenvalue weighted by Crippen LogP contribution is -2.41. The van der Waals surface area contributed by atoms with Crippen LogP contribution in [0.15, 0.2) is 42.5 Å². The van der Waals surface area contributed by atoms with Crippen molar-refractivity contribution in [3.63, 3.8) is 0 Å². The van der Waals surface area contributed by atoms with E-state index in [1.54, 1.807) is 12.1 Å². The lowest BCUT2D eigenvalue weighted by Gasteiger charge is -2.32. The number of nitrogens with one attached hydrogen (secondary N) is 1. The van der Waals surface area contributed by atoms with Crippen LogP contribution >= 0.6 is 0 Å². The molecule has 1 fully saturated rings. The van der Waals surface area contributed by atoms with E-state index in [1.165, 1.54) is 6.92 Å². The molecule has 31 heavy (non-hydrogen) atoms. The summed E-state index contributed by atoms with van der Waals surface area (Å²) < 4.78 is 17.6. The van der Waals surface area contributed by atoms with E-state index >= 15 is 0 Å². The van der Waals surface area contributed by atoms with Gasteiger partial charge in [-0.3, -0.25) is 9.59 Å². The number of amides is 1. The molecule has 1 heterocycles. The first-order valence-corrected chi connectivity index (χ1v) is 10.4. The average Bonchev–Trinajstić information content (AvgIpc) is 2.86. The van der Waals surface area contributed by atoms with E-state index in [9.17, 15) is 9.59 Å². The maximum Gasteiger partial charge on any atom is 0.495 e. The molecule has 0 spiro atoms. The minimum absolute atomic E-state index is 0.413. The van der Waals surface area contributed by atoms with E-state index in [0.717, 1.165) is 16.6 Å². The second-order valence-corrected chi connectivity index (χ2v) is 9.05. The third-order valence-electron chi connectivity index (χ3n) is 5.91. The zero-order valence-corrected chi connectivity index (χ0v) is 19.2. The van der Waals surface area contributed by atoms with E-state index in [1.807, 2.05) is 71.9 Å². The Morgan fingerprint density at radius 3 is 2.19 bits per heavy atom. The first-order chi connectivity index (χ1) is 14.4. The monoisotopic (exact) mass is 423 g/mol. The van der Waals surface area contributed by atoms with Crippen LogP contribution in [-0.2, 0) is 23.6 Å². The molecular formula is C24H30BNO5. The van der Waals surface area contributed by atoms with Crippen LogP contribution in [0.2, 0.25) is 0 Å². The summed E-state index contributed by atoms with van der Waals surface area (Å²) in [5.41, 5.74) is 3.18. The molecule has 0 aliphatic carbocycles. The Bertz CT molecular complexity index is 985. The van der Waals surface area contributed by atoms with Crippen LogP contribution in [0.1, 0.15) is 57.4 Å². The summed E-state index contributed by atoms with van der Waals surface area (Å²) in [6.07, 6.45) is -1.03. The van der Waals surface area contributed by atoms with Crippen molar-refractivity contribution in [2.45, 2.75) is 65.8 Å². The first-order valence-electron chi connectivity index (χ1n) is 10.4. The number of benzene rings is 2. The molecule has 7 heteroatoms. The van der Waals surface area contributed by atoms with Gasteiger partial charge in [-0.25, -0.2) is 0 Å². The zero-order valence-electron chi connectivity index (χ0n) is 19.2. The highest BCUT2D eigenvalue weighted by Crippen LogP contribution is 2.36. The van der Waals surface area contributed by atoms with E-state index in [4.69, 9.17) is 14.0 Å². The number of aryl methyl sites for hydroxylation is 2. The van der Waals surface area contributed by atoms with E-state index in [-0.39, 0.29) is 0 Å². The molecule has 1 amide bonds. The van der Waals surface area contributed by atoms with Crippen molar-refractivity contribution >= 4 is 30.1 Å². The van der Waals surface area contributed by atoms with E-state index in [0.29, 0.717) is 11.3 Å². The molecule has 2 aromatic rings. The summed E-state index contributed by atoms with van der Waals surface area (Å²) in [5.74, 6) is -0.933. The van der Waals surface area contributed by atoms with Crippen molar-refractivity contribution in [1.29, 1.82) is 0 Å². The fourth-order valence-electron chi connectivity index (χ4n) is 3.47. The van der Waals surface area contributed by atoms with Crippen molar-refractivity contribution in [3.05, 3.63) is 59.2 Å². The van der Waals surface area contributed by atoms with Gasteiger partial charge in [-0.1, -0.05) is 35.9 Å². The number of hydrogen-bond donors (Lipinski definition) is 1. The number of rotatable bonds is 5. The molecule has 1 aliphatic rings. The summed E-state index contributed by atoms with van der Waals surface area (Å²) in [4.78, 5) is 24.5. The Labute approximate surface area is 184 Å². The minimum Gasteiger partial charge on any atom is -0.447 e. The molecule has 1 aliphatic heterocycles. The van der Waals surface area contributed by atoms with Gasteiger partial charge in [0, 0.05) is 18.2 Å². The molecule has 1 N–H and O–H groups in total. The summed E-state index contributed by atoms with van der Waals surface area (Å²) in [7, 11) is -0.476. The molecule has 2 aromatic carbocycles. The van der Waals surface area contributed by atoms with Gasteiger partial charge in [0.25, 0.3) is 5.91 Å². The Balaban J connectivity index is 1.80.